The molecule has 1 aliphatic carbocycles. The molecule has 0 unspecified atom stereocenters. The number of H-pyrrole nitrogens is 1. The molecule has 8 heteroatoms. The zero-order chi connectivity index (χ0) is 26.0. The number of fused-ring (bicyclic) bond motifs is 1. The van der Waals surface area contributed by atoms with E-state index in [9.17, 15) is 20.4 Å². The minimum absolute atomic E-state index is 0.100. The number of nitrogens with two attached hydrogens (primary N) is 1. The van der Waals surface area contributed by atoms with Crippen LogP contribution in [-0.4, -0.2) is 13.1 Å². The summed E-state index contributed by atoms with van der Waals surface area (Å²) in [5.74, 6) is 0.0259. The Morgan fingerprint density at radius 1 is 1.11 bits per heavy atom. The number of rotatable bonds is 6. The minimum atomic E-state index is -1.23. The Hall–Kier alpha value is -5.08. The normalized spacial score (nSPS) is 13.2. The average molecular weight is 479 g/mol. The number of aromatic nitrogens is 1. The summed E-state index contributed by atoms with van der Waals surface area (Å²) in [6, 6.07) is 16.1. The Bertz CT molecular complexity index is 1540. The molecule has 0 spiro atoms. The van der Waals surface area contributed by atoms with E-state index in [1.54, 1.807) is 25.3 Å². The lowest BCUT2D eigenvalue weighted by Gasteiger charge is -2.13. The van der Waals surface area contributed by atoms with Crippen molar-refractivity contribution in [3.05, 3.63) is 87.1 Å². The second-order valence-electron chi connectivity index (χ2n) is 8.25. The zero-order valence-electron chi connectivity index (χ0n) is 19.9. The lowest BCUT2D eigenvalue weighted by Crippen LogP contribution is -2.22. The van der Waals surface area contributed by atoms with Gasteiger partial charge in [-0.15, -0.1) is 0 Å². The number of allylic oxidation sites excluding steroid dienone is 3. The van der Waals surface area contributed by atoms with Crippen LogP contribution >= 0.6 is 0 Å². The van der Waals surface area contributed by atoms with Crippen molar-refractivity contribution in [2.45, 2.75) is 20.5 Å². The van der Waals surface area contributed by atoms with Crippen LogP contribution in [0.15, 0.2) is 48.0 Å². The van der Waals surface area contributed by atoms with Crippen LogP contribution < -0.4 is 25.3 Å². The first-order valence-corrected chi connectivity index (χ1v) is 11.0. The van der Waals surface area contributed by atoms with Gasteiger partial charge >= 0.3 is 0 Å². The number of nitriles is 2. The Balaban J connectivity index is 1.67. The third-order valence-corrected chi connectivity index (χ3v) is 6.13. The van der Waals surface area contributed by atoms with E-state index in [0.29, 0.717) is 33.9 Å². The van der Waals surface area contributed by atoms with Crippen LogP contribution in [0.3, 0.4) is 0 Å². The number of aromatic amines is 1. The summed E-state index contributed by atoms with van der Waals surface area (Å²) in [5.41, 5.74) is 12.2. The summed E-state index contributed by atoms with van der Waals surface area (Å²) in [5, 5.41) is 30.2. The molecule has 1 heterocycles. The number of nitrogens with zero attached hydrogens (tertiary/aromatic N) is 2. The monoisotopic (exact) mass is 478 g/mol. The topological polar surface area (TPSA) is 146 Å². The Morgan fingerprint density at radius 3 is 2.44 bits per heavy atom. The predicted octanol–water partition coefficient (Wildman–Crippen LogP) is 3.07. The van der Waals surface area contributed by atoms with Gasteiger partial charge in [0.1, 0.15) is 29.9 Å². The van der Waals surface area contributed by atoms with E-state index in [-0.39, 0.29) is 18.0 Å². The number of hydrogen-bond acceptors (Lipinski definition) is 7. The highest BCUT2D eigenvalue weighted by Crippen LogP contribution is 2.43. The quantitative estimate of drug-likeness (QED) is 0.573. The molecule has 0 fully saturated rings. The van der Waals surface area contributed by atoms with Crippen molar-refractivity contribution in [3.8, 4) is 23.6 Å². The highest BCUT2D eigenvalue weighted by molar-refractivity contribution is 6.07. The molecule has 0 amide bonds. The van der Waals surface area contributed by atoms with Crippen LogP contribution in [0.5, 0.6) is 11.5 Å². The second kappa shape index (κ2) is 9.65. The van der Waals surface area contributed by atoms with Gasteiger partial charge in [-0.3, -0.25) is 5.73 Å². The summed E-state index contributed by atoms with van der Waals surface area (Å²) in [7, 11) is 1.54. The molecular weight excluding hydrogens is 456 g/mol. The Morgan fingerprint density at radius 2 is 1.83 bits per heavy atom. The van der Waals surface area contributed by atoms with Crippen molar-refractivity contribution in [2.24, 2.45) is 0 Å². The van der Waals surface area contributed by atoms with Gasteiger partial charge in [-0.1, -0.05) is 30.3 Å². The van der Waals surface area contributed by atoms with Crippen molar-refractivity contribution in [3.63, 3.8) is 0 Å². The van der Waals surface area contributed by atoms with E-state index in [1.165, 1.54) is 12.1 Å². The van der Waals surface area contributed by atoms with E-state index < -0.39 is 5.97 Å². The van der Waals surface area contributed by atoms with Crippen molar-refractivity contribution in [1.29, 1.82) is 10.5 Å². The first kappa shape index (κ1) is 24.1. The third kappa shape index (κ3) is 4.24. The van der Waals surface area contributed by atoms with Crippen molar-refractivity contribution in [2.75, 3.05) is 12.8 Å². The van der Waals surface area contributed by atoms with Crippen LogP contribution in [0.1, 0.15) is 50.8 Å². The molecule has 178 valence electrons. The SMILES string of the molecule is COc1cc(/C=C2\C(C)=C(C#N)c3[nH+]c(N)c(C#N)c(C)c32)ccc1OCc1ccc(C(=O)[O-])cc1. The van der Waals surface area contributed by atoms with E-state index in [4.69, 9.17) is 15.2 Å². The van der Waals surface area contributed by atoms with Gasteiger partial charge in [-0.25, -0.2) is 4.98 Å². The second-order valence-corrected chi connectivity index (χ2v) is 8.25. The number of aromatic carboxylic acids is 1. The van der Waals surface area contributed by atoms with Crippen LogP contribution in [0.2, 0.25) is 0 Å². The Kier molecular flexibility index (Phi) is 6.45. The fourth-order valence-corrected chi connectivity index (χ4v) is 4.23. The van der Waals surface area contributed by atoms with Gasteiger partial charge in [0.2, 0.25) is 0 Å². The number of nitrogens with one attached hydrogen (secondary N) is 1. The van der Waals surface area contributed by atoms with Crippen molar-refractivity contribution < 1.29 is 24.4 Å². The molecule has 8 nitrogen and oxygen atoms in total. The van der Waals surface area contributed by atoms with Crippen LogP contribution in [0.25, 0.3) is 17.2 Å². The molecule has 4 rings (SSSR count). The highest BCUT2D eigenvalue weighted by atomic mass is 16.5. The molecule has 0 radical (unpaired) electrons. The number of carbonyl (C=O) groups excluding carboxylic acids is 1. The Labute approximate surface area is 208 Å². The molecule has 1 aromatic heterocycles. The fraction of sp³-hybridized carbons (Fsp3) is 0.143. The number of pyridine rings is 1. The number of hydrogen-bond donors (Lipinski definition) is 1. The van der Waals surface area contributed by atoms with Gasteiger partial charge in [-0.05, 0) is 65.5 Å². The van der Waals surface area contributed by atoms with Gasteiger partial charge < -0.3 is 19.4 Å². The fourth-order valence-electron chi connectivity index (χ4n) is 4.23. The van der Waals surface area contributed by atoms with E-state index in [0.717, 1.165) is 27.8 Å². The largest absolute Gasteiger partial charge is 0.545 e. The zero-order valence-corrected chi connectivity index (χ0v) is 19.9. The molecule has 0 bridgehead atoms. The molecule has 3 N–H and O–H groups in total. The lowest BCUT2D eigenvalue weighted by molar-refractivity contribution is -0.364. The number of benzene rings is 2. The van der Waals surface area contributed by atoms with Gasteiger partial charge in [0.25, 0.3) is 5.82 Å². The van der Waals surface area contributed by atoms with E-state index in [1.807, 2.05) is 32.1 Å². The molecular formula is C28H22N4O4. The summed E-state index contributed by atoms with van der Waals surface area (Å²) in [6.45, 7) is 3.90. The predicted molar refractivity (Wildman–Crippen MR) is 131 cm³/mol. The van der Waals surface area contributed by atoms with Crippen molar-refractivity contribution >= 4 is 29.0 Å². The molecule has 0 atom stereocenters. The van der Waals surface area contributed by atoms with Crippen LogP contribution in [-0.2, 0) is 6.61 Å². The van der Waals surface area contributed by atoms with Gasteiger partial charge in [0.15, 0.2) is 17.2 Å². The first-order chi connectivity index (χ1) is 17.3. The molecule has 0 saturated carbocycles. The molecule has 0 saturated heterocycles. The van der Waals surface area contributed by atoms with Crippen molar-refractivity contribution in [1.82, 2.24) is 0 Å². The maximum atomic E-state index is 10.9. The molecule has 1 aliphatic rings. The maximum absolute atomic E-state index is 10.9. The smallest absolute Gasteiger partial charge is 0.289 e. The van der Waals surface area contributed by atoms with Crippen LogP contribution in [0, 0.1) is 29.6 Å². The lowest BCUT2D eigenvalue weighted by atomic mass is 9.95. The average Bonchev–Trinajstić information content (AvgIpc) is 3.13. The number of methoxy groups -OCH3 is 1. The van der Waals surface area contributed by atoms with Crippen LogP contribution in [0.4, 0.5) is 5.82 Å². The number of carbonyl (C=O) groups is 1. The summed E-state index contributed by atoms with van der Waals surface area (Å²) >= 11 is 0. The van der Waals surface area contributed by atoms with E-state index in [2.05, 4.69) is 17.1 Å². The molecule has 3 aromatic rings. The van der Waals surface area contributed by atoms with Gasteiger partial charge in [-0.2, -0.15) is 10.5 Å². The number of ether oxygens (including phenoxy) is 2. The summed E-state index contributed by atoms with van der Waals surface area (Å²) in [6.07, 6.45) is 1.93. The number of carboxylic acids is 1. The number of nitrogen functional groups attached to an aromatic ring is 1. The summed E-state index contributed by atoms with van der Waals surface area (Å²) < 4.78 is 11.4. The highest BCUT2D eigenvalue weighted by Gasteiger charge is 2.32. The molecule has 2 aromatic carbocycles. The summed E-state index contributed by atoms with van der Waals surface area (Å²) in [4.78, 5) is 13.9. The molecule has 36 heavy (non-hydrogen) atoms. The molecule has 0 aliphatic heterocycles. The minimum Gasteiger partial charge on any atom is -0.545 e. The maximum Gasteiger partial charge on any atom is 0.289 e. The number of anilines is 1. The standard InChI is InChI=1S/C28H22N4O4/c1-15-20(25-16(2)22(13-30)27(31)32-26(25)21(15)12-29)10-18-6-9-23(24(11-18)35-3)36-14-17-4-7-19(8-5-17)28(33)34/h4-11H,14H2,1-3H3,(H2,31,32)(H,33,34)/b20-10+. The van der Waals surface area contributed by atoms with Gasteiger partial charge in [0.05, 0.1) is 13.1 Å². The first-order valence-electron chi connectivity index (χ1n) is 11.0. The number of carboxylic acid groups (broad SMARTS) is 1. The van der Waals surface area contributed by atoms with E-state index >= 15 is 0 Å². The van der Waals surface area contributed by atoms with Gasteiger partial charge in [0, 0.05) is 5.56 Å². The third-order valence-electron chi connectivity index (χ3n) is 6.13.